The second-order valence-electron chi connectivity index (χ2n) is 8.94. The van der Waals surface area contributed by atoms with Gasteiger partial charge in [-0.3, -0.25) is 4.79 Å². The molecule has 3 rings (SSSR count). The highest BCUT2D eigenvalue weighted by Gasteiger charge is 2.38. The number of carbonyl (C=O) groups is 2. The van der Waals surface area contributed by atoms with Crippen LogP contribution < -0.4 is 9.62 Å². The van der Waals surface area contributed by atoms with Crippen molar-refractivity contribution in [1.29, 1.82) is 0 Å². The van der Waals surface area contributed by atoms with Crippen LogP contribution in [0.1, 0.15) is 44.2 Å². The summed E-state index contributed by atoms with van der Waals surface area (Å²) in [5.41, 5.74) is 1.07. The Morgan fingerprint density at radius 3 is 2.51 bits per heavy atom. The van der Waals surface area contributed by atoms with Crippen LogP contribution in [0.25, 0.3) is 0 Å². The number of likely N-dealkylation sites (tertiary alicyclic amines) is 1. The van der Waals surface area contributed by atoms with E-state index in [4.69, 9.17) is 4.74 Å². The number of piperidine rings is 1. The third-order valence-electron chi connectivity index (χ3n) is 6.32. The molecule has 0 spiro atoms. The molecule has 1 aromatic carbocycles. The molecule has 2 N–H and O–H groups in total. The maximum absolute atomic E-state index is 13.2. The summed E-state index contributed by atoms with van der Waals surface area (Å²) in [6, 6.07) is 6.84. The first kappa shape index (κ1) is 31.4. The van der Waals surface area contributed by atoms with Crippen molar-refractivity contribution in [3.05, 3.63) is 59.7 Å². The van der Waals surface area contributed by atoms with Crippen molar-refractivity contribution in [1.82, 2.24) is 4.72 Å². The van der Waals surface area contributed by atoms with E-state index in [-0.39, 0.29) is 18.2 Å². The van der Waals surface area contributed by atoms with Gasteiger partial charge in [-0.15, -0.1) is 0 Å². The molecule has 206 valence electrons. The number of hydrogen-bond donors (Lipinski definition) is 2. The molecule has 1 heterocycles. The van der Waals surface area contributed by atoms with Gasteiger partial charge in [-0.25, -0.2) is 13.7 Å². The number of halogens is 4. The lowest BCUT2D eigenvalue weighted by Gasteiger charge is -2.35. The summed E-state index contributed by atoms with van der Waals surface area (Å²) in [6.07, 6.45) is 3.92. The maximum Gasteiger partial charge on any atom is 0.401 e. The molecule has 1 aliphatic heterocycles. The first-order chi connectivity index (χ1) is 17.7. The van der Waals surface area contributed by atoms with Gasteiger partial charge in [-0.05, 0) is 30.7 Å². The molecule has 0 amide bonds. The lowest BCUT2D eigenvalue weighted by Crippen LogP contribution is -3.15. The fraction of sp³-hybridized carbons (Fsp3) is 0.538. The quantitative estimate of drug-likeness (QED) is 0.315. The van der Waals surface area contributed by atoms with Gasteiger partial charge in [0.2, 0.25) is 5.78 Å². The van der Waals surface area contributed by atoms with Crippen molar-refractivity contribution in [3.8, 4) is 0 Å². The normalized spacial score (nSPS) is 23.2. The van der Waals surface area contributed by atoms with Crippen molar-refractivity contribution < 1.29 is 36.6 Å². The molecule has 2 aliphatic rings. The van der Waals surface area contributed by atoms with Gasteiger partial charge in [0, 0.05) is 17.9 Å². The van der Waals surface area contributed by atoms with Crippen molar-refractivity contribution in [2.45, 2.75) is 50.9 Å². The lowest BCUT2D eigenvalue weighted by molar-refractivity contribution is -0.901. The highest BCUT2D eigenvalue weighted by Crippen LogP contribution is 2.23. The molecule has 4 unspecified atom stereocenters. The number of hydrogen-bond acceptors (Lipinski definition) is 4. The summed E-state index contributed by atoms with van der Waals surface area (Å²) in [6.45, 7) is 3.48. The Kier molecular flexibility index (Phi) is 13.2. The van der Waals surface area contributed by atoms with Gasteiger partial charge in [0.1, 0.15) is 35.9 Å². The number of allylic oxidation sites excluding steroid dienone is 3. The molecule has 0 bridgehead atoms. The van der Waals surface area contributed by atoms with Crippen LogP contribution in [-0.2, 0) is 25.3 Å². The highest BCUT2D eigenvalue weighted by atomic mass is 79.9. The Hall–Kier alpha value is -1.82. The van der Waals surface area contributed by atoms with Gasteiger partial charge in [-0.1, -0.05) is 71.4 Å². The molecule has 11 heteroatoms. The molecular weight excluding hydrogens is 573 g/mol. The second-order valence-corrected chi connectivity index (χ2v) is 10.2. The first-order valence-electron chi connectivity index (χ1n) is 12.2. The van der Waals surface area contributed by atoms with Crippen LogP contribution in [0.15, 0.2) is 54.1 Å². The van der Waals surface area contributed by atoms with Crippen LogP contribution in [0.3, 0.4) is 0 Å². The van der Waals surface area contributed by atoms with Crippen LogP contribution in [0.2, 0.25) is 0 Å². The lowest BCUT2D eigenvalue weighted by atomic mass is 9.90. The average Bonchev–Trinajstić information content (AvgIpc) is 2.88. The molecule has 1 saturated heterocycles. The topological polar surface area (TPSA) is 76.9 Å². The molecular formula is C26H35BrF3N2O4S+. The largest absolute Gasteiger partial charge is 0.455 e. The molecule has 1 aromatic rings. The molecule has 1 aliphatic carbocycles. The minimum absolute atomic E-state index is 0.0438. The zero-order valence-electron chi connectivity index (χ0n) is 21.1. The number of quaternary nitrogens is 1. The number of nitrogens with one attached hydrogen (secondary N) is 2. The van der Waals surface area contributed by atoms with Gasteiger partial charge < -0.3 is 9.64 Å². The van der Waals surface area contributed by atoms with Gasteiger partial charge in [0.25, 0.3) is 0 Å². The smallest absolute Gasteiger partial charge is 0.401 e. The van der Waals surface area contributed by atoms with Gasteiger partial charge in [0.05, 0.1) is 6.54 Å². The number of esters is 1. The second kappa shape index (κ2) is 15.6. The maximum atomic E-state index is 13.2. The van der Waals surface area contributed by atoms with Gasteiger partial charge >= 0.3 is 12.1 Å². The number of ether oxygens (including phenoxy) is 1. The van der Waals surface area contributed by atoms with Crippen LogP contribution in [-0.4, -0.2) is 59.5 Å². The Balaban J connectivity index is 0.00000235. The number of rotatable bonds is 10. The van der Waals surface area contributed by atoms with E-state index in [1.807, 2.05) is 31.0 Å². The summed E-state index contributed by atoms with van der Waals surface area (Å²) in [5, 5.41) is 0. The molecule has 0 aromatic heterocycles. The molecule has 37 heavy (non-hydrogen) atoms. The van der Waals surface area contributed by atoms with E-state index in [9.17, 15) is 27.0 Å². The Bertz CT molecular complexity index is 972. The standard InChI is InChI=1S/C25H31F3N2O4S.CH3Br/c1-2-18-13-14-30(15-21(31)19-9-5-3-6-10-19)16-22(18)34-24(32)23(20-11-7-4-8-12-20)29-35(33)17-25(26,27)28;1-2/h4-5,7-12,18,22-23,29H,2-3,6,13-17H2,1H3;1H3/p+1/t18?,22-,23?,35?;/m0./s1. The summed E-state index contributed by atoms with van der Waals surface area (Å²) < 4.78 is 58.4. The zero-order valence-corrected chi connectivity index (χ0v) is 23.5. The zero-order chi connectivity index (χ0) is 27.4. The SMILES string of the molecule is CBr.CCC1CC[NH+](CC(=O)C2=CCCC=C2)C[C@@H]1OC(=O)C(NS(=O)CC(F)(F)F)c1ccccc1. The predicted octanol–water partition coefficient (Wildman–Crippen LogP) is 3.63. The van der Waals surface area contributed by atoms with E-state index in [1.54, 1.807) is 30.3 Å². The summed E-state index contributed by atoms with van der Waals surface area (Å²) >= 11 is 2.94. The fourth-order valence-corrected chi connectivity index (χ4v) is 5.36. The van der Waals surface area contributed by atoms with E-state index in [1.165, 1.54) is 0 Å². The van der Waals surface area contributed by atoms with Crippen LogP contribution >= 0.6 is 15.9 Å². The fourth-order valence-electron chi connectivity index (χ4n) is 4.48. The van der Waals surface area contributed by atoms with Crippen molar-refractivity contribution >= 4 is 38.7 Å². The van der Waals surface area contributed by atoms with Crippen LogP contribution in [0.5, 0.6) is 0 Å². The number of Topliss-reactive ketones (excluding diaryl/α,β-unsaturated/α-hetero) is 1. The predicted molar refractivity (Wildman–Crippen MR) is 142 cm³/mol. The van der Waals surface area contributed by atoms with Crippen LogP contribution in [0, 0.1) is 5.92 Å². The van der Waals surface area contributed by atoms with Crippen molar-refractivity contribution in [3.63, 3.8) is 0 Å². The summed E-state index contributed by atoms with van der Waals surface area (Å²) in [5.74, 6) is -0.422. The van der Waals surface area contributed by atoms with Crippen molar-refractivity contribution in [2.75, 3.05) is 31.2 Å². The molecule has 6 nitrogen and oxygen atoms in total. The van der Waals surface area contributed by atoms with E-state index in [0.717, 1.165) is 37.1 Å². The third-order valence-corrected chi connectivity index (χ3v) is 7.40. The number of ketones is 1. The highest BCUT2D eigenvalue weighted by molar-refractivity contribution is 9.08. The van der Waals surface area contributed by atoms with Gasteiger partial charge in [-0.2, -0.15) is 13.2 Å². The Morgan fingerprint density at radius 1 is 1.22 bits per heavy atom. The Morgan fingerprint density at radius 2 is 1.92 bits per heavy atom. The van der Waals surface area contributed by atoms with Gasteiger partial charge in [0.15, 0.2) is 6.10 Å². The van der Waals surface area contributed by atoms with Crippen molar-refractivity contribution in [2.24, 2.45) is 5.92 Å². The molecule has 0 radical (unpaired) electrons. The number of carbonyl (C=O) groups excluding carboxylic acids is 2. The number of benzene rings is 1. The average molecular weight is 609 g/mol. The van der Waals surface area contributed by atoms with Crippen LogP contribution in [0.4, 0.5) is 13.2 Å². The Labute approximate surface area is 227 Å². The molecule has 0 saturated carbocycles. The van der Waals surface area contributed by atoms with E-state index >= 15 is 0 Å². The molecule has 5 atom stereocenters. The molecule has 1 fully saturated rings. The minimum Gasteiger partial charge on any atom is -0.455 e. The first-order valence-corrected chi connectivity index (χ1v) is 15.1. The minimum atomic E-state index is -4.64. The third kappa shape index (κ3) is 10.5. The monoisotopic (exact) mass is 607 g/mol. The van der Waals surface area contributed by atoms with E-state index < -0.39 is 41.0 Å². The number of alkyl halides is 4. The van der Waals surface area contributed by atoms with E-state index in [2.05, 4.69) is 20.7 Å². The van der Waals surface area contributed by atoms with E-state index in [0.29, 0.717) is 17.7 Å². The summed E-state index contributed by atoms with van der Waals surface area (Å²) in [7, 11) is -2.51. The summed E-state index contributed by atoms with van der Waals surface area (Å²) in [4.78, 5) is 26.8.